The van der Waals surface area contributed by atoms with Gasteiger partial charge >= 0.3 is 0 Å². The van der Waals surface area contributed by atoms with E-state index in [4.69, 9.17) is 0 Å². The van der Waals surface area contributed by atoms with Crippen molar-refractivity contribution < 1.29 is 17.2 Å². The second kappa shape index (κ2) is 4.77. The molecular weight excluding hydrogens is 284 g/mol. The summed E-state index contributed by atoms with van der Waals surface area (Å²) in [5.41, 5.74) is -0.245. The molecule has 1 aromatic carbocycles. The zero-order chi connectivity index (χ0) is 14.4. The molecule has 2 heterocycles. The fraction of sp³-hybridized carbons (Fsp3) is 0.571. The van der Waals surface area contributed by atoms with E-state index >= 15 is 0 Å². The second-order valence-corrected chi connectivity index (χ2v) is 8.17. The first-order chi connectivity index (χ1) is 9.42. The van der Waals surface area contributed by atoms with Crippen molar-refractivity contribution in [3.63, 3.8) is 0 Å². The fourth-order valence-corrected chi connectivity index (χ4v) is 5.28. The van der Waals surface area contributed by atoms with Crippen LogP contribution in [0.4, 0.5) is 8.78 Å². The predicted molar refractivity (Wildman–Crippen MR) is 72.1 cm³/mol. The van der Waals surface area contributed by atoms with Crippen LogP contribution < -0.4 is 5.32 Å². The molecule has 0 aliphatic carbocycles. The molecule has 2 saturated heterocycles. The lowest BCUT2D eigenvalue weighted by molar-refractivity contribution is 0.0900. The molecule has 2 aliphatic rings. The van der Waals surface area contributed by atoms with Crippen LogP contribution in [0, 0.1) is 23.0 Å². The molecule has 0 aromatic heterocycles. The van der Waals surface area contributed by atoms with Gasteiger partial charge in [-0.05, 0) is 30.9 Å². The van der Waals surface area contributed by atoms with Gasteiger partial charge in [-0.25, -0.2) is 17.2 Å². The highest BCUT2D eigenvalue weighted by atomic mass is 32.2. The molecule has 0 spiro atoms. The minimum Gasteiger partial charge on any atom is -0.315 e. The van der Waals surface area contributed by atoms with Crippen LogP contribution in [0.15, 0.2) is 18.2 Å². The summed E-state index contributed by atoms with van der Waals surface area (Å²) in [6.45, 7) is 1.25. The molecule has 0 bridgehead atoms. The molecule has 2 fully saturated rings. The van der Waals surface area contributed by atoms with Gasteiger partial charge in [-0.3, -0.25) is 0 Å². The highest BCUT2D eigenvalue weighted by Gasteiger charge is 2.48. The third-order valence-corrected chi connectivity index (χ3v) is 6.41. The van der Waals surface area contributed by atoms with Crippen molar-refractivity contribution in [3.05, 3.63) is 35.4 Å². The van der Waals surface area contributed by atoms with Crippen LogP contribution in [0.3, 0.4) is 0 Å². The summed E-state index contributed by atoms with van der Waals surface area (Å²) < 4.78 is 50.9. The highest BCUT2D eigenvalue weighted by molar-refractivity contribution is 7.91. The molecule has 3 rings (SSSR count). The van der Waals surface area contributed by atoms with E-state index in [2.05, 4.69) is 5.32 Å². The normalized spacial score (nSPS) is 27.2. The first-order valence-electron chi connectivity index (χ1n) is 6.76. The molecule has 1 unspecified atom stereocenters. The van der Waals surface area contributed by atoms with Crippen LogP contribution in [0.1, 0.15) is 12.0 Å². The number of benzene rings is 1. The lowest BCUT2D eigenvalue weighted by Crippen LogP contribution is -2.59. The lowest BCUT2D eigenvalue weighted by atomic mass is 9.66. The Morgan fingerprint density at radius 2 is 1.90 bits per heavy atom. The quantitative estimate of drug-likeness (QED) is 0.921. The standard InChI is InChI=1S/C14H17F2NO2S/c15-12-2-1-3-13(16)11(12)6-14(8-17-9-14)10-4-5-20(18,19)7-10/h1-3,10,17H,4-9H2. The fourth-order valence-electron chi connectivity index (χ4n) is 3.34. The Bertz CT molecular complexity index is 606. The maximum Gasteiger partial charge on any atom is 0.150 e. The largest absolute Gasteiger partial charge is 0.315 e. The van der Waals surface area contributed by atoms with Crippen LogP contribution in [-0.2, 0) is 16.3 Å². The smallest absolute Gasteiger partial charge is 0.150 e. The first-order valence-corrected chi connectivity index (χ1v) is 8.58. The van der Waals surface area contributed by atoms with Crippen molar-refractivity contribution >= 4 is 9.84 Å². The number of sulfone groups is 1. The molecule has 110 valence electrons. The van der Waals surface area contributed by atoms with Crippen molar-refractivity contribution in [2.45, 2.75) is 12.8 Å². The van der Waals surface area contributed by atoms with Gasteiger partial charge in [0.15, 0.2) is 9.84 Å². The van der Waals surface area contributed by atoms with Crippen molar-refractivity contribution in [2.75, 3.05) is 24.6 Å². The van der Waals surface area contributed by atoms with Crippen LogP contribution >= 0.6 is 0 Å². The summed E-state index contributed by atoms with van der Waals surface area (Å²) in [7, 11) is -2.98. The Morgan fingerprint density at radius 1 is 1.25 bits per heavy atom. The Labute approximate surface area is 117 Å². The van der Waals surface area contributed by atoms with Crippen LogP contribution in [0.25, 0.3) is 0 Å². The number of hydrogen-bond donors (Lipinski definition) is 1. The van der Waals surface area contributed by atoms with Crippen molar-refractivity contribution in [3.8, 4) is 0 Å². The summed E-state index contributed by atoms with van der Waals surface area (Å²) in [5.74, 6) is -0.758. The van der Waals surface area contributed by atoms with Crippen LogP contribution in [0.5, 0.6) is 0 Å². The molecule has 1 N–H and O–H groups in total. The molecule has 6 heteroatoms. The van der Waals surface area contributed by atoms with E-state index < -0.39 is 21.5 Å². The van der Waals surface area contributed by atoms with Gasteiger partial charge < -0.3 is 5.32 Å². The van der Waals surface area contributed by atoms with Gasteiger partial charge in [0.25, 0.3) is 0 Å². The molecular formula is C14H17F2NO2S. The Balaban J connectivity index is 1.87. The molecule has 20 heavy (non-hydrogen) atoms. The summed E-state index contributed by atoms with van der Waals surface area (Å²) in [6.07, 6.45) is 0.860. The Morgan fingerprint density at radius 3 is 2.35 bits per heavy atom. The van der Waals surface area contributed by atoms with E-state index in [0.29, 0.717) is 19.5 Å². The minimum absolute atomic E-state index is 0.00671. The average Bonchev–Trinajstić information content (AvgIpc) is 2.67. The van der Waals surface area contributed by atoms with E-state index in [0.717, 1.165) is 0 Å². The summed E-state index contributed by atoms with van der Waals surface area (Å²) in [6, 6.07) is 3.85. The first kappa shape index (κ1) is 13.9. The summed E-state index contributed by atoms with van der Waals surface area (Å²) in [5, 5.41) is 3.13. The topological polar surface area (TPSA) is 46.2 Å². The average molecular weight is 301 g/mol. The van der Waals surface area contributed by atoms with Crippen molar-refractivity contribution in [2.24, 2.45) is 11.3 Å². The molecule has 0 saturated carbocycles. The molecule has 1 aromatic rings. The van der Waals surface area contributed by atoms with Crippen LogP contribution in [-0.4, -0.2) is 33.0 Å². The van der Waals surface area contributed by atoms with E-state index in [9.17, 15) is 17.2 Å². The third-order valence-electron chi connectivity index (χ3n) is 4.64. The molecule has 1 atom stereocenters. The number of nitrogens with one attached hydrogen (secondary N) is 1. The van der Waals surface area contributed by atoms with Crippen molar-refractivity contribution in [1.82, 2.24) is 5.32 Å². The third kappa shape index (κ3) is 2.35. The Hall–Kier alpha value is -1.01. The van der Waals surface area contributed by atoms with Gasteiger partial charge in [-0.2, -0.15) is 0 Å². The minimum atomic E-state index is -2.98. The maximum absolute atomic E-state index is 13.8. The second-order valence-electron chi connectivity index (χ2n) is 5.94. The van der Waals surface area contributed by atoms with Crippen LogP contribution in [0.2, 0.25) is 0 Å². The Kier molecular flexibility index (Phi) is 3.33. The van der Waals surface area contributed by atoms with E-state index in [1.165, 1.54) is 18.2 Å². The van der Waals surface area contributed by atoms with Gasteiger partial charge in [0.05, 0.1) is 11.5 Å². The monoisotopic (exact) mass is 301 g/mol. The maximum atomic E-state index is 13.8. The number of halogens is 2. The number of rotatable bonds is 3. The van der Waals surface area contributed by atoms with Gasteiger partial charge in [-0.1, -0.05) is 6.07 Å². The predicted octanol–water partition coefficient (Wildman–Crippen LogP) is 1.53. The van der Waals surface area contributed by atoms with Gasteiger partial charge in [-0.15, -0.1) is 0 Å². The zero-order valence-electron chi connectivity index (χ0n) is 11.0. The molecule has 0 amide bonds. The van der Waals surface area contributed by atoms with Gasteiger partial charge in [0.1, 0.15) is 11.6 Å². The van der Waals surface area contributed by atoms with E-state index in [1.807, 2.05) is 0 Å². The molecule has 0 radical (unpaired) electrons. The SMILES string of the molecule is O=S1(=O)CCC(C2(Cc3c(F)cccc3F)CNC2)C1. The number of hydrogen-bond acceptors (Lipinski definition) is 3. The summed E-state index contributed by atoms with van der Waals surface area (Å²) >= 11 is 0. The van der Waals surface area contributed by atoms with Gasteiger partial charge in [0.2, 0.25) is 0 Å². The van der Waals surface area contributed by atoms with E-state index in [-0.39, 0.29) is 34.8 Å². The van der Waals surface area contributed by atoms with Gasteiger partial charge in [0, 0.05) is 24.1 Å². The van der Waals surface area contributed by atoms with Crippen molar-refractivity contribution in [1.29, 1.82) is 0 Å². The highest BCUT2D eigenvalue weighted by Crippen LogP contribution is 2.42. The molecule has 2 aliphatic heterocycles. The lowest BCUT2D eigenvalue weighted by Gasteiger charge is -2.47. The van der Waals surface area contributed by atoms with E-state index in [1.54, 1.807) is 0 Å². The molecule has 3 nitrogen and oxygen atoms in total. The zero-order valence-corrected chi connectivity index (χ0v) is 11.8. The summed E-state index contributed by atoms with van der Waals surface area (Å²) in [4.78, 5) is 0.